The summed E-state index contributed by atoms with van der Waals surface area (Å²) in [6.45, 7) is 9.03. The fourth-order valence-electron chi connectivity index (χ4n) is 3.60. The van der Waals surface area contributed by atoms with Crippen LogP contribution in [0.15, 0.2) is 0 Å². The standard InChI is InChI=1S/C15H26N2OS/c1-15(2,3)16-7-12-5-4-6-13(8-16)17(12)14(18)11-9-19-10-11/h11-13H,4-10H2,1-3H3. The van der Waals surface area contributed by atoms with E-state index in [2.05, 4.69) is 30.6 Å². The van der Waals surface area contributed by atoms with Crippen molar-refractivity contribution >= 4 is 17.7 Å². The van der Waals surface area contributed by atoms with Gasteiger partial charge in [0, 0.05) is 42.2 Å². The first-order chi connectivity index (χ1) is 8.97. The highest BCUT2D eigenvalue weighted by atomic mass is 32.2. The molecule has 3 fully saturated rings. The second-order valence-corrected chi connectivity index (χ2v) is 8.37. The van der Waals surface area contributed by atoms with Crippen LogP contribution in [0.3, 0.4) is 0 Å². The zero-order valence-electron chi connectivity index (χ0n) is 12.4. The minimum absolute atomic E-state index is 0.231. The number of piperazine rings is 1. The maximum absolute atomic E-state index is 12.6. The number of carbonyl (C=O) groups excluding carboxylic acids is 1. The van der Waals surface area contributed by atoms with Gasteiger partial charge in [0.2, 0.25) is 5.91 Å². The van der Waals surface area contributed by atoms with E-state index in [1.165, 1.54) is 19.3 Å². The minimum Gasteiger partial charge on any atom is -0.334 e. The Labute approximate surface area is 121 Å². The summed E-state index contributed by atoms with van der Waals surface area (Å²) in [7, 11) is 0. The van der Waals surface area contributed by atoms with Gasteiger partial charge in [0.1, 0.15) is 0 Å². The lowest BCUT2D eigenvalue weighted by Gasteiger charge is -2.54. The first-order valence-electron chi connectivity index (χ1n) is 7.62. The number of fused-ring (bicyclic) bond motifs is 2. The van der Waals surface area contributed by atoms with Gasteiger partial charge in [-0.2, -0.15) is 11.8 Å². The lowest BCUT2D eigenvalue weighted by atomic mass is 9.87. The Balaban J connectivity index is 1.74. The van der Waals surface area contributed by atoms with Crippen molar-refractivity contribution in [1.29, 1.82) is 0 Å². The molecule has 0 saturated carbocycles. The summed E-state index contributed by atoms with van der Waals surface area (Å²) in [6, 6.07) is 0.953. The zero-order valence-corrected chi connectivity index (χ0v) is 13.2. The highest BCUT2D eigenvalue weighted by molar-refractivity contribution is 8.00. The molecule has 2 atom stereocenters. The Kier molecular flexibility index (Phi) is 3.59. The van der Waals surface area contributed by atoms with Crippen LogP contribution in [0.25, 0.3) is 0 Å². The maximum Gasteiger partial charge on any atom is 0.227 e. The van der Waals surface area contributed by atoms with E-state index in [4.69, 9.17) is 0 Å². The van der Waals surface area contributed by atoms with Crippen LogP contribution >= 0.6 is 11.8 Å². The third-order valence-corrected chi connectivity index (χ3v) is 6.19. The van der Waals surface area contributed by atoms with Crippen molar-refractivity contribution in [3.63, 3.8) is 0 Å². The summed E-state index contributed by atoms with van der Waals surface area (Å²) in [5, 5.41) is 0. The molecular formula is C15H26N2OS. The Morgan fingerprint density at radius 1 is 1.11 bits per heavy atom. The van der Waals surface area contributed by atoms with E-state index in [9.17, 15) is 4.79 Å². The molecule has 0 aromatic carbocycles. The first-order valence-corrected chi connectivity index (χ1v) is 8.77. The number of thioether (sulfide) groups is 1. The summed E-state index contributed by atoms with van der Waals surface area (Å²) in [4.78, 5) is 17.5. The molecular weight excluding hydrogens is 256 g/mol. The SMILES string of the molecule is CC(C)(C)N1CC2CCCC(C1)N2C(=O)C1CSC1. The van der Waals surface area contributed by atoms with Crippen molar-refractivity contribution in [3.8, 4) is 0 Å². The lowest BCUT2D eigenvalue weighted by molar-refractivity contribution is -0.148. The van der Waals surface area contributed by atoms with E-state index in [1.54, 1.807) is 0 Å². The molecule has 19 heavy (non-hydrogen) atoms. The molecule has 0 radical (unpaired) electrons. The predicted octanol–water partition coefficient (Wildman–Crippen LogP) is 2.21. The average Bonchev–Trinajstić information content (AvgIpc) is 2.23. The summed E-state index contributed by atoms with van der Waals surface area (Å²) >= 11 is 1.91. The molecule has 4 heteroatoms. The van der Waals surface area contributed by atoms with Crippen LogP contribution in [0.5, 0.6) is 0 Å². The topological polar surface area (TPSA) is 23.6 Å². The Morgan fingerprint density at radius 3 is 2.11 bits per heavy atom. The fraction of sp³-hybridized carbons (Fsp3) is 0.933. The molecule has 1 amide bonds. The molecule has 2 bridgehead atoms. The number of amides is 1. The third-order valence-electron chi connectivity index (χ3n) is 4.91. The van der Waals surface area contributed by atoms with Gasteiger partial charge in [0.25, 0.3) is 0 Å². The fourth-order valence-corrected chi connectivity index (χ4v) is 4.36. The van der Waals surface area contributed by atoms with E-state index >= 15 is 0 Å². The third kappa shape index (κ3) is 2.54. The van der Waals surface area contributed by atoms with Crippen LogP contribution in [0, 0.1) is 5.92 Å². The second-order valence-electron chi connectivity index (χ2n) is 7.29. The molecule has 3 saturated heterocycles. The van der Waals surface area contributed by atoms with E-state index in [-0.39, 0.29) is 5.54 Å². The van der Waals surface area contributed by atoms with Gasteiger partial charge in [-0.1, -0.05) is 0 Å². The Hall–Kier alpha value is -0.220. The number of piperidine rings is 1. The molecule has 3 heterocycles. The van der Waals surface area contributed by atoms with Gasteiger partial charge in [0.15, 0.2) is 0 Å². The van der Waals surface area contributed by atoms with Crippen LogP contribution in [0.4, 0.5) is 0 Å². The molecule has 3 rings (SSSR count). The zero-order chi connectivity index (χ0) is 13.6. The summed E-state index contributed by atoms with van der Waals surface area (Å²) in [6.07, 6.45) is 3.71. The van der Waals surface area contributed by atoms with Gasteiger partial charge in [0.05, 0.1) is 5.92 Å². The molecule has 0 aromatic rings. The number of hydrogen-bond donors (Lipinski definition) is 0. The van der Waals surface area contributed by atoms with Crippen molar-refractivity contribution in [3.05, 3.63) is 0 Å². The van der Waals surface area contributed by atoms with Gasteiger partial charge < -0.3 is 4.90 Å². The highest BCUT2D eigenvalue weighted by Crippen LogP contribution is 2.35. The van der Waals surface area contributed by atoms with Crippen LogP contribution in [-0.2, 0) is 4.79 Å². The smallest absolute Gasteiger partial charge is 0.227 e. The molecule has 108 valence electrons. The van der Waals surface area contributed by atoms with Crippen LogP contribution < -0.4 is 0 Å². The largest absolute Gasteiger partial charge is 0.334 e. The molecule has 3 aliphatic heterocycles. The van der Waals surface area contributed by atoms with E-state index < -0.39 is 0 Å². The van der Waals surface area contributed by atoms with Gasteiger partial charge >= 0.3 is 0 Å². The van der Waals surface area contributed by atoms with E-state index in [0.29, 0.717) is 23.9 Å². The molecule has 0 aromatic heterocycles. The first kappa shape index (κ1) is 13.7. The van der Waals surface area contributed by atoms with Gasteiger partial charge in [-0.15, -0.1) is 0 Å². The monoisotopic (exact) mass is 282 g/mol. The minimum atomic E-state index is 0.231. The highest BCUT2D eigenvalue weighted by Gasteiger charge is 2.44. The lowest BCUT2D eigenvalue weighted by Crippen LogP contribution is -2.66. The molecule has 3 aliphatic rings. The van der Waals surface area contributed by atoms with E-state index in [0.717, 1.165) is 24.6 Å². The van der Waals surface area contributed by atoms with Crippen LogP contribution in [-0.4, -0.2) is 57.9 Å². The predicted molar refractivity (Wildman–Crippen MR) is 80.4 cm³/mol. The summed E-state index contributed by atoms with van der Waals surface area (Å²) in [5.41, 5.74) is 0.231. The summed E-state index contributed by atoms with van der Waals surface area (Å²) in [5.74, 6) is 2.89. The maximum atomic E-state index is 12.6. The van der Waals surface area contributed by atoms with Crippen LogP contribution in [0.1, 0.15) is 40.0 Å². The van der Waals surface area contributed by atoms with Gasteiger partial charge in [-0.3, -0.25) is 9.69 Å². The number of nitrogens with zero attached hydrogens (tertiary/aromatic N) is 2. The normalized spacial score (nSPS) is 33.1. The molecule has 3 nitrogen and oxygen atoms in total. The van der Waals surface area contributed by atoms with Crippen LogP contribution in [0.2, 0.25) is 0 Å². The second kappa shape index (κ2) is 4.96. The molecule has 2 unspecified atom stereocenters. The van der Waals surface area contributed by atoms with Gasteiger partial charge in [-0.05, 0) is 40.0 Å². The Morgan fingerprint density at radius 2 is 1.68 bits per heavy atom. The Bertz CT molecular complexity index is 348. The van der Waals surface area contributed by atoms with Crippen molar-refractivity contribution in [2.45, 2.75) is 57.7 Å². The average molecular weight is 282 g/mol. The van der Waals surface area contributed by atoms with Crippen molar-refractivity contribution in [2.24, 2.45) is 5.92 Å². The number of rotatable bonds is 1. The number of carbonyl (C=O) groups is 1. The van der Waals surface area contributed by atoms with Crippen molar-refractivity contribution in [2.75, 3.05) is 24.6 Å². The quantitative estimate of drug-likeness (QED) is 0.737. The number of hydrogen-bond acceptors (Lipinski definition) is 3. The van der Waals surface area contributed by atoms with Gasteiger partial charge in [-0.25, -0.2) is 0 Å². The molecule has 0 spiro atoms. The van der Waals surface area contributed by atoms with E-state index in [1.807, 2.05) is 11.8 Å². The van der Waals surface area contributed by atoms with Crippen molar-refractivity contribution < 1.29 is 4.79 Å². The molecule has 0 N–H and O–H groups in total. The summed E-state index contributed by atoms with van der Waals surface area (Å²) < 4.78 is 0. The molecule has 0 aliphatic carbocycles. The van der Waals surface area contributed by atoms with Crippen molar-refractivity contribution in [1.82, 2.24) is 9.80 Å². The number of likely N-dealkylation sites (tertiary alicyclic amines) is 1.